The Morgan fingerprint density at radius 1 is 1.35 bits per heavy atom. The second-order valence-electron chi connectivity index (χ2n) is 6.33. The Labute approximate surface area is 144 Å². The van der Waals surface area contributed by atoms with Crippen LogP contribution in [0, 0.1) is 0 Å². The number of carbonyl (C=O) groups is 1. The zero-order chi connectivity index (χ0) is 17.0. The van der Waals surface area contributed by atoms with Crippen LogP contribution in [0.3, 0.4) is 0 Å². The molecule has 6 heteroatoms. The number of amides is 1. The van der Waals surface area contributed by atoms with E-state index in [9.17, 15) is 4.79 Å². The fraction of sp³-hybridized carbons (Fsp3) is 0.412. The van der Waals surface area contributed by atoms with Gasteiger partial charge in [0.05, 0.1) is 11.6 Å². The lowest BCUT2D eigenvalue weighted by Crippen LogP contribution is -2.40. The maximum Gasteiger partial charge on any atom is 0.407 e. The first-order valence-corrected chi connectivity index (χ1v) is 8.20. The summed E-state index contributed by atoms with van der Waals surface area (Å²) < 4.78 is 12.0. The monoisotopic (exact) mass is 380 g/mol. The fourth-order valence-corrected chi connectivity index (χ4v) is 2.35. The number of hydrogen-bond acceptors (Lipinski definition) is 4. The number of hydrogen-bond donors (Lipinski definition) is 1. The summed E-state index contributed by atoms with van der Waals surface area (Å²) in [5, 5.41) is 3.68. The highest BCUT2D eigenvalue weighted by Crippen LogP contribution is 2.26. The van der Waals surface area contributed by atoms with Gasteiger partial charge in [-0.1, -0.05) is 15.9 Å². The Morgan fingerprint density at radius 2 is 2.09 bits per heavy atom. The molecule has 0 aliphatic heterocycles. The lowest BCUT2D eigenvalue weighted by Gasteiger charge is -2.22. The number of fused-ring (bicyclic) bond motifs is 1. The molecular weight excluding hydrogens is 360 g/mol. The highest BCUT2D eigenvalue weighted by molar-refractivity contribution is 9.10. The number of carbonyl (C=O) groups excluding carboxylic acids is 1. The van der Waals surface area contributed by atoms with E-state index in [0.29, 0.717) is 6.61 Å². The number of ether oxygens (including phenoxy) is 2. The summed E-state index contributed by atoms with van der Waals surface area (Å²) in [4.78, 5) is 16.0. The van der Waals surface area contributed by atoms with Crippen molar-refractivity contribution >= 4 is 32.9 Å². The van der Waals surface area contributed by atoms with Crippen molar-refractivity contribution < 1.29 is 14.3 Å². The largest absolute Gasteiger partial charge is 0.491 e. The van der Waals surface area contributed by atoms with Crippen LogP contribution < -0.4 is 10.1 Å². The van der Waals surface area contributed by atoms with E-state index in [0.717, 1.165) is 21.1 Å². The first kappa shape index (κ1) is 17.5. The van der Waals surface area contributed by atoms with Crippen molar-refractivity contribution in [3.05, 3.63) is 34.9 Å². The third-order valence-corrected chi connectivity index (χ3v) is 3.41. The molecule has 0 saturated carbocycles. The van der Waals surface area contributed by atoms with Crippen molar-refractivity contribution in [2.24, 2.45) is 0 Å². The third kappa shape index (κ3) is 5.39. The standard InChI is InChI=1S/C17H21BrN2O3/c1-11(20-16(21)23-17(2,3)4)10-22-15-7-8-19-14-6-5-12(18)9-13(14)15/h5-9,11H,10H2,1-4H3,(H,20,21). The lowest BCUT2D eigenvalue weighted by molar-refractivity contribution is 0.0494. The van der Waals surface area contributed by atoms with Gasteiger partial charge in [-0.15, -0.1) is 0 Å². The normalized spacial score (nSPS) is 12.7. The maximum absolute atomic E-state index is 11.7. The molecule has 0 fully saturated rings. The highest BCUT2D eigenvalue weighted by atomic mass is 79.9. The van der Waals surface area contributed by atoms with E-state index in [2.05, 4.69) is 26.2 Å². The molecule has 0 radical (unpaired) electrons. The van der Waals surface area contributed by atoms with Crippen LogP contribution in [0.2, 0.25) is 0 Å². The average Bonchev–Trinajstić information content (AvgIpc) is 2.42. The molecule has 1 aromatic heterocycles. The molecule has 1 unspecified atom stereocenters. The SMILES string of the molecule is CC(COc1ccnc2ccc(Br)cc12)NC(=O)OC(C)(C)C. The Balaban J connectivity index is 1.98. The van der Waals surface area contributed by atoms with Gasteiger partial charge in [0.1, 0.15) is 18.0 Å². The van der Waals surface area contributed by atoms with Gasteiger partial charge in [-0.2, -0.15) is 0 Å². The van der Waals surface area contributed by atoms with Crippen LogP contribution in [0.4, 0.5) is 4.79 Å². The van der Waals surface area contributed by atoms with Gasteiger partial charge in [-0.3, -0.25) is 4.98 Å². The number of nitrogens with one attached hydrogen (secondary N) is 1. The minimum Gasteiger partial charge on any atom is -0.491 e. The predicted molar refractivity (Wildman–Crippen MR) is 93.8 cm³/mol. The minimum atomic E-state index is -0.516. The van der Waals surface area contributed by atoms with Crippen LogP contribution in [-0.2, 0) is 4.74 Å². The van der Waals surface area contributed by atoms with E-state index >= 15 is 0 Å². The van der Waals surface area contributed by atoms with Crippen molar-refractivity contribution in [1.29, 1.82) is 0 Å². The van der Waals surface area contributed by atoms with E-state index < -0.39 is 11.7 Å². The van der Waals surface area contributed by atoms with Crippen molar-refractivity contribution in [3.63, 3.8) is 0 Å². The van der Waals surface area contributed by atoms with E-state index in [1.807, 2.05) is 52.0 Å². The molecule has 1 amide bonds. The summed E-state index contributed by atoms with van der Waals surface area (Å²) in [6, 6.07) is 7.46. The smallest absolute Gasteiger partial charge is 0.407 e. The highest BCUT2D eigenvalue weighted by Gasteiger charge is 2.18. The van der Waals surface area contributed by atoms with Gasteiger partial charge in [0.2, 0.25) is 0 Å². The zero-order valence-electron chi connectivity index (χ0n) is 13.7. The van der Waals surface area contributed by atoms with E-state index in [-0.39, 0.29) is 6.04 Å². The molecule has 0 aliphatic rings. The zero-order valence-corrected chi connectivity index (χ0v) is 15.3. The number of alkyl carbamates (subject to hydrolysis) is 1. The quantitative estimate of drug-likeness (QED) is 0.859. The number of pyridine rings is 1. The van der Waals surface area contributed by atoms with Crippen LogP contribution in [0.5, 0.6) is 5.75 Å². The number of rotatable bonds is 4. The molecule has 0 bridgehead atoms. The summed E-state index contributed by atoms with van der Waals surface area (Å²) in [5.41, 5.74) is 0.344. The van der Waals surface area contributed by atoms with Gasteiger partial charge >= 0.3 is 6.09 Å². The summed E-state index contributed by atoms with van der Waals surface area (Å²) >= 11 is 3.45. The molecule has 124 valence electrons. The second kappa shape index (κ2) is 7.17. The maximum atomic E-state index is 11.7. The van der Waals surface area contributed by atoms with Gasteiger partial charge in [0, 0.05) is 16.1 Å². The van der Waals surface area contributed by atoms with Crippen LogP contribution in [0.15, 0.2) is 34.9 Å². The van der Waals surface area contributed by atoms with Gasteiger partial charge in [0.15, 0.2) is 0 Å². The predicted octanol–water partition coefficient (Wildman–Crippen LogP) is 4.29. The number of benzene rings is 1. The van der Waals surface area contributed by atoms with Crippen molar-refractivity contribution in [2.45, 2.75) is 39.3 Å². The van der Waals surface area contributed by atoms with Crippen LogP contribution in [0.1, 0.15) is 27.7 Å². The molecule has 1 atom stereocenters. The molecule has 0 spiro atoms. The number of halogens is 1. The molecule has 1 N–H and O–H groups in total. The van der Waals surface area contributed by atoms with Crippen molar-refractivity contribution in [2.75, 3.05) is 6.61 Å². The summed E-state index contributed by atoms with van der Waals surface area (Å²) in [6.07, 6.45) is 1.26. The van der Waals surface area contributed by atoms with Crippen LogP contribution in [-0.4, -0.2) is 29.3 Å². The van der Waals surface area contributed by atoms with E-state index in [1.54, 1.807) is 6.20 Å². The summed E-state index contributed by atoms with van der Waals surface area (Å²) in [5.74, 6) is 0.731. The van der Waals surface area contributed by atoms with Gasteiger partial charge in [0.25, 0.3) is 0 Å². The Hall–Kier alpha value is -1.82. The third-order valence-electron chi connectivity index (χ3n) is 2.92. The Bertz CT molecular complexity index is 698. The first-order chi connectivity index (χ1) is 10.7. The summed E-state index contributed by atoms with van der Waals surface area (Å²) in [6.45, 7) is 7.69. The van der Waals surface area contributed by atoms with E-state index in [4.69, 9.17) is 9.47 Å². The first-order valence-electron chi connectivity index (χ1n) is 7.41. The van der Waals surface area contributed by atoms with Gasteiger partial charge in [-0.05, 0) is 52.0 Å². The lowest BCUT2D eigenvalue weighted by atomic mass is 10.2. The summed E-state index contributed by atoms with van der Waals surface area (Å²) in [7, 11) is 0. The van der Waals surface area contributed by atoms with Crippen molar-refractivity contribution in [3.8, 4) is 5.75 Å². The Kier molecular flexibility index (Phi) is 5.46. The topological polar surface area (TPSA) is 60.5 Å². The van der Waals surface area contributed by atoms with Crippen LogP contribution >= 0.6 is 15.9 Å². The van der Waals surface area contributed by atoms with Gasteiger partial charge in [-0.25, -0.2) is 4.79 Å². The molecule has 0 aliphatic carbocycles. The average molecular weight is 381 g/mol. The molecule has 2 aromatic rings. The fourth-order valence-electron chi connectivity index (χ4n) is 1.98. The molecule has 5 nitrogen and oxygen atoms in total. The van der Waals surface area contributed by atoms with Crippen molar-refractivity contribution in [1.82, 2.24) is 10.3 Å². The molecule has 0 saturated heterocycles. The number of nitrogens with zero attached hydrogens (tertiary/aromatic N) is 1. The molecule has 1 heterocycles. The number of aromatic nitrogens is 1. The van der Waals surface area contributed by atoms with E-state index in [1.165, 1.54) is 0 Å². The molecule has 1 aromatic carbocycles. The minimum absolute atomic E-state index is 0.180. The second-order valence-corrected chi connectivity index (χ2v) is 7.24. The molecular formula is C17H21BrN2O3. The Morgan fingerprint density at radius 3 is 2.78 bits per heavy atom. The van der Waals surface area contributed by atoms with Crippen LogP contribution in [0.25, 0.3) is 10.9 Å². The molecule has 23 heavy (non-hydrogen) atoms. The van der Waals surface area contributed by atoms with Gasteiger partial charge < -0.3 is 14.8 Å². The molecule has 2 rings (SSSR count).